The summed E-state index contributed by atoms with van der Waals surface area (Å²) in [6.45, 7) is 3.64. The first kappa shape index (κ1) is 18.9. The first-order valence-electron chi connectivity index (χ1n) is 7.82. The van der Waals surface area contributed by atoms with Crippen LogP contribution in [0.4, 0.5) is 13.2 Å². The molecule has 2 nitrogen and oxygen atoms in total. The molecule has 0 spiro atoms. The van der Waals surface area contributed by atoms with E-state index in [2.05, 4.69) is 10.2 Å². The van der Waals surface area contributed by atoms with Crippen LogP contribution >= 0.6 is 24.2 Å². The van der Waals surface area contributed by atoms with Crippen molar-refractivity contribution in [1.82, 2.24) is 10.2 Å². The van der Waals surface area contributed by atoms with Crippen molar-refractivity contribution in [3.8, 4) is 0 Å². The Morgan fingerprint density at radius 2 is 1.83 bits per heavy atom. The molecule has 0 unspecified atom stereocenters. The molecule has 7 heteroatoms. The SMILES string of the molecule is Cl.FC(F)(F)Sc1ccccc1[C@H](CC1CC1)N1CCNCC1. The maximum absolute atomic E-state index is 12.8. The molecule has 1 aromatic carbocycles. The van der Waals surface area contributed by atoms with Gasteiger partial charge >= 0.3 is 5.51 Å². The van der Waals surface area contributed by atoms with Gasteiger partial charge in [-0.1, -0.05) is 31.0 Å². The van der Waals surface area contributed by atoms with Crippen molar-refractivity contribution in [1.29, 1.82) is 0 Å². The fourth-order valence-corrected chi connectivity index (χ4v) is 3.83. The van der Waals surface area contributed by atoms with Gasteiger partial charge in [0.15, 0.2) is 0 Å². The number of alkyl halides is 3. The molecular formula is C16H22ClF3N2S. The highest BCUT2D eigenvalue weighted by molar-refractivity contribution is 8.00. The van der Waals surface area contributed by atoms with Gasteiger partial charge in [-0.2, -0.15) is 13.2 Å². The van der Waals surface area contributed by atoms with Crippen molar-refractivity contribution in [2.75, 3.05) is 26.2 Å². The molecule has 0 aromatic heterocycles. The molecule has 0 radical (unpaired) electrons. The number of benzene rings is 1. The lowest BCUT2D eigenvalue weighted by atomic mass is 9.98. The summed E-state index contributed by atoms with van der Waals surface area (Å²) in [7, 11) is 0. The predicted molar refractivity (Wildman–Crippen MR) is 90.1 cm³/mol. The highest BCUT2D eigenvalue weighted by atomic mass is 35.5. The molecule has 1 N–H and O–H groups in total. The lowest BCUT2D eigenvalue weighted by molar-refractivity contribution is -0.0328. The van der Waals surface area contributed by atoms with Gasteiger partial charge in [-0.15, -0.1) is 12.4 Å². The van der Waals surface area contributed by atoms with Gasteiger partial charge in [0.05, 0.1) is 0 Å². The summed E-state index contributed by atoms with van der Waals surface area (Å²) in [6.07, 6.45) is 3.42. The van der Waals surface area contributed by atoms with Crippen molar-refractivity contribution in [2.45, 2.75) is 35.7 Å². The van der Waals surface area contributed by atoms with E-state index in [0.29, 0.717) is 10.8 Å². The van der Waals surface area contributed by atoms with E-state index in [1.807, 2.05) is 12.1 Å². The highest BCUT2D eigenvalue weighted by Crippen LogP contribution is 2.45. The van der Waals surface area contributed by atoms with Crippen molar-refractivity contribution in [3.63, 3.8) is 0 Å². The Morgan fingerprint density at radius 3 is 2.43 bits per heavy atom. The molecule has 130 valence electrons. The van der Waals surface area contributed by atoms with E-state index < -0.39 is 5.51 Å². The molecular weight excluding hydrogens is 345 g/mol. The Labute approximate surface area is 145 Å². The molecule has 2 aliphatic rings. The Balaban J connectivity index is 0.00000192. The quantitative estimate of drug-likeness (QED) is 0.774. The monoisotopic (exact) mass is 366 g/mol. The molecule has 1 aliphatic carbocycles. The molecule has 0 amide bonds. The van der Waals surface area contributed by atoms with Crippen LogP contribution in [0, 0.1) is 5.92 Å². The summed E-state index contributed by atoms with van der Waals surface area (Å²) < 4.78 is 38.5. The number of nitrogens with zero attached hydrogens (tertiary/aromatic N) is 1. The van der Waals surface area contributed by atoms with Gasteiger partial charge in [0.2, 0.25) is 0 Å². The number of rotatable bonds is 5. The number of nitrogens with one attached hydrogen (secondary N) is 1. The Morgan fingerprint density at radius 1 is 1.17 bits per heavy atom. The van der Waals surface area contributed by atoms with Gasteiger partial charge in [0, 0.05) is 37.1 Å². The second-order valence-corrected chi connectivity index (χ2v) is 7.17. The minimum absolute atomic E-state index is 0. The van der Waals surface area contributed by atoms with Gasteiger partial charge in [-0.05, 0) is 35.7 Å². The third-order valence-corrected chi connectivity index (χ3v) is 5.17. The summed E-state index contributed by atoms with van der Waals surface area (Å²) in [6, 6.07) is 7.15. The van der Waals surface area contributed by atoms with E-state index in [9.17, 15) is 13.2 Å². The standard InChI is InChI=1S/C16H21F3N2S.ClH/c17-16(18,19)22-15-4-2-1-3-13(15)14(11-12-5-6-12)21-9-7-20-8-10-21;/h1-4,12,14,20H,5-11H2;1H/t14-;/m0./s1. The molecule has 1 saturated carbocycles. The summed E-state index contributed by atoms with van der Waals surface area (Å²) in [5.41, 5.74) is -3.39. The van der Waals surface area contributed by atoms with Crippen LogP contribution in [0.2, 0.25) is 0 Å². The average molecular weight is 367 g/mol. The number of halogens is 4. The summed E-state index contributed by atoms with van der Waals surface area (Å²) in [4.78, 5) is 2.71. The van der Waals surface area contributed by atoms with Crippen molar-refractivity contribution in [2.24, 2.45) is 5.92 Å². The Hall–Kier alpha value is -0.430. The molecule has 1 atom stereocenters. The topological polar surface area (TPSA) is 15.3 Å². The van der Waals surface area contributed by atoms with E-state index in [1.165, 1.54) is 12.8 Å². The molecule has 2 fully saturated rings. The molecule has 3 rings (SSSR count). The molecule has 23 heavy (non-hydrogen) atoms. The van der Waals surface area contributed by atoms with Crippen molar-refractivity contribution >= 4 is 24.2 Å². The minimum atomic E-state index is -4.23. The maximum atomic E-state index is 12.8. The lowest BCUT2D eigenvalue weighted by Crippen LogP contribution is -2.45. The van der Waals surface area contributed by atoms with Crippen LogP contribution in [-0.4, -0.2) is 36.6 Å². The lowest BCUT2D eigenvalue weighted by Gasteiger charge is -2.36. The van der Waals surface area contributed by atoms with Gasteiger partial charge < -0.3 is 5.32 Å². The van der Waals surface area contributed by atoms with Crippen LogP contribution in [0.5, 0.6) is 0 Å². The van der Waals surface area contributed by atoms with E-state index in [0.717, 1.165) is 38.2 Å². The van der Waals surface area contributed by atoms with Gasteiger partial charge in [0.25, 0.3) is 0 Å². The Kier molecular flexibility index (Phi) is 6.66. The van der Waals surface area contributed by atoms with Gasteiger partial charge in [-0.25, -0.2) is 0 Å². The number of hydrogen-bond acceptors (Lipinski definition) is 3. The first-order valence-corrected chi connectivity index (χ1v) is 8.64. The third kappa shape index (κ3) is 5.55. The highest BCUT2D eigenvalue weighted by Gasteiger charge is 2.35. The first-order chi connectivity index (χ1) is 10.5. The predicted octanol–water partition coefficient (Wildman–Crippen LogP) is 4.47. The zero-order valence-corrected chi connectivity index (χ0v) is 14.4. The largest absolute Gasteiger partial charge is 0.446 e. The second kappa shape index (κ2) is 8.10. The molecule has 1 aliphatic heterocycles. The van der Waals surface area contributed by atoms with Crippen molar-refractivity contribution < 1.29 is 13.2 Å². The average Bonchev–Trinajstić information content (AvgIpc) is 3.29. The number of hydrogen-bond donors (Lipinski definition) is 1. The molecule has 1 heterocycles. The van der Waals surface area contributed by atoms with E-state index in [-0.39, 0.29) is 30.2 Å². The summed E-state index contributed by atoms with van der Waals surface area (Å²) in [5.74, 6) is 0.684. The van der Waals surface area contributed by atoms with Crippen LogP contribution in [0.1, 0.15) is 30.9 Å². The van der Waals surface area contributed by atoms with E-state index in [1.54, 1.807) is 12.1 Å². The van der Waals surface area contributed by atoms with Crippen LogP contribution in [0.25, 0.3) is 0 Å². The molecule has 1 saturated heterocycles. The summed E-state index contributed by atoms with van der Waals surface area (Å²) in [5, 5.41) is 3.32. The maximum Gasteiger partial charge on any atom is 0.446 e. The van der Waals surface area contributed by atoms with Crippen molar-refractivity contribution in [3.05, 3.63) is 29.8 Å². The van der Waals surface area contributed by atoms with Crippen LogP contribution in [-0.2, 0) is 0 Å². The molecule has 1 aromatic rings. The Bertz CT molecular complexity index is 502. The van der Waals surface area contributed by atoms with Crippen LogP contribution < -0.4 is 5.32 Å². The smallest absolute Gasteiger partial charge is 0.314 e. The van der Waals surface area contributed by atoms with E-state index in [4.69, 9.17) is 0 Å². The molecule has 0 bridgehead atoms. The van der Waals surface area contributed by atoms with Crippen LogP contribution in [0.3, 0.4) is 0 Å². The fourth-order valence-electron chi connectivity index (χ4n) is 3.11. The number of thioether (sulfide) groups is 1. The van der Waals surface area contributed by atoms with E-state index >= 15 is 0 Å². The fraction of sp³-hybridized carbons (Fsp3) is 0.625. The second-order valence-electron chi connectivity index (χ2n) is 6.07. The zero-order chi connectivity index (χ0) is 15.6. The zero-order valence-electron chi connectivity index (χ0n) is 12.8. The van der Waals surface area contributed by atoms with Crippen LogP contribution in [0.15, 0.2) is 29.2 Å². The number of piperazine rings is 1. The van der Waals surface area contributed by atoms with Gasteiger partial charge in [0.1, 0.15) is 0 Å². The third-order valence-electron chi connectivity index (χ3n) is 4.35. The minimum Gasteiger partial charge on any atom is -0.314 e. The summed E-state index contributed by atoms with van der Waals surface area (Å²) >= 11 is 0.0249. The normalized spacial score (nSPS) is 20.8. The van der Waals surface area contributed by atoms with Gasteiger partial charge in [-0.3, -0.25) is 4.90 Å².